The van der Waals surface area contributed by atoms with Crippen molar-refractivity contribution in [3.05, 3.63) is 36.0 Å². The van der Waals surface area contributed by atoms with Gasteiger partial charge in [-0.05, 0) is 11.6 Å². The second-order valence-electron chi connectivity index (χ2n) is 4.37. The normalized spacial score (nSPS) is 11.2. The number of ether oxygens (including phenoxy) is 3. The number of benzene rings is 1. The molecule has 0 aliphatic heterocycles. The molecule has 7 nitrogen and oxygen atoms in total. The minimum atomic E-state index is -1.04. The summed E-state index contributed by atoms with van der Waals surface area (Å²) in [5, 5.41) is 17.8. The summed E-state index contributed by atoms with van der Waals surface area (Å²) in [6, 6.07) is 7.61. The average Bonchev–Trinajstić information content (AvgIpc) is 2.94. The number of aromatic nitrogens is 1. The number of fused-ring (bicyclic) bond motifs is 1. The molecule has 1 N–H and O–H groups in total. The third kappa shape index (κ3) is 3.68. The molecule has 0 radical (unpaired) electrons. The maximum absolute atomic E-state index is 11.9. The molecule has 1 unspecified atom stereocenters. The zero-order valence-electron chi connectivity index (χ0n) is 11.6. The molecular formula is C15H13N3O4. The first-order valence-corrected chi connectivity index (χ1v) is 6.53. The molecule has 0 saturated heterocycles. The van der Waals surface area contributed by atoms with Gasteiger partial charge in [-0.3, -0.25) is 0 Å². The number of carbonyl (C=O) groups excluding carboxylic acids is 1. The quantitative estimate of drug-likeness (QED) is 0.473. The van der Waals surface area contributed by atoms with Crippen LogP contribution in [-0.2, 0) is 25.4 Å². The SMILES string of the molecule is N#COCCOC(=O)C(Cc1c[nH]c2ccccc12)OC#N. The van der Waals surface area contributed by atoms with E-state index in [0.29, 0.717) is 0 Å². The van der Waals surface area contributed by atoms with Crippen molar-refractivity contribution in [2.75, 3.05) is 13.2 Å². The zero-order chi connectivity index (χ0) is 15.8. The molecular weight excluding hydrogens is 286 g/mol. The molecule has 1 aromatic heterocycles. The van der Waals surface area contributed by atoms with Crippen LogP contribution < -0.4 is 0 Å². The molecule has 1 atom stereocenters. The summed E-state index contributed by atoms with van der Waals surface area (Å²) >= 11 is 0. The Kier molecular flexibility index (Phi) is 5.22. The van der Waals surface area contributed by atoms with Gasteiger partial charge in [0.2, 0.25) is 6.10 Å². The molecule has 0 amide bonds. The molecule has 0 aliphatic carbocycles. The van der Waals surface area contributed by atoms with E-state index in [1.165, 1.54) is 12.5 Å². The predicted octanol–water partition coefficient (Wildman–Crippen LogP) is 1.62. The van der Waals surface area contributed by atoms with Gasteiger partial charge in [0.05, 0.1) is 0 Å². The van der Waals surface area contributed by atoms with E-state index in [9.17, 15) is 4.79 Å². The fourth-order valence-electron chi connectivity index (χ4n) is 2.06. The van der Waals surface area contributed by atoms with Crippen LogP contribution in [0.5, 0.6) is 0 Å². The van der Waals surface area contributed by atoms with Crippen LogP contribution in [-0.4, -0.2) is 30.3 Å². The lowest BCUT2D eigenvalue weighted by Crippen LogP contribution is -2.28. The van der Waals surface area contributed by atoms with Crippen molar-refractivity contribution >= 4 is 16.9 Å². The molecule has 2 rings (SSSR count). The van der Waals surface area contributed by atoms with E-state index < -0.39 is 12.1 Å². The lowest BCUT2D eigenvalue weighted by atomic mass is 10.1. The number of esters is 1. The number of para-hydroxylation sites is 1. The van der Waals surface area contributed by atoms with Gasteiger partial charge in [-0.1, -0.05) is 18.2 Å². The summed E-state index contributed by atoms with van der Waals surface area (Å²) in [6.45, 7) is -0.111. The van der Waals surface area contributed by atoms with E-state index in [2.05, 4.69) is 9.72 Å². The summed E-state index contributed by atoms with van der Waals surface area (Å²) in [5.74, 6) is -0.673. The van der Waals surface area contributed by atoms with Crippen LogP contribution >= 0.6 is 0 Å². The van der Waals surface area contributed by atoms with Crippen LogP contribution in [0.1, 0.15) is 5.56 Å². The zero-order valence-corrected chi connectivity index (χ0v) is 11.6. The van der Waals surface area contributed by atoms with E-state index >= 15 is 0 Å². The molecule has 0 aliphatic rings. The highest BCUT2D eigenvalue weighted by Gasteiger charge is 2.23. The first-order chi connectivity index (χ1) is 10.8. The number of nitrogens with zero attached hydrogens (tertiary/aromatic N) is 2. The monoisotopic (exact) mass is 299 g/mol. The Bertz CT molecular complexity index is 726. The van der Waals surface area contributed by atoms with E-state index in [-0.39, 0.29) is 19.6 Å². The van der Waals surface area contributed by atoms with E-state index in [0.717, 1.165) is 16.5 Å². The van der Waals surface area contributed by atoms with Gasteiger partial charge in [-0.2, -0.15) is 10.5 Å². The van der Waals surface area contributed by atoms with Crippen LogP contribution in [0.2, 0.25) is 0 Å². The lowest BCUT2D eigenvalue weighted by Gasteiger charge is -2.12. The Labute approximate surface area is 126 Å². The fraction of sp³-hybridized carbons (Fsp3) is 0.267. The first-order valence-electron chi connectivity index (χ1n) is 6.53. The largest absolute Gasteiger partial charge is 0.459 e. The minimum Gasteiger partial charge on any atom is -0.459 e. The smallest absolute Gasteiger partial charge is 0.349 e. The van der Waals surface area contributed by atoms with Crippen molar-refractivity contribution in [1.82, 2.24) is 4.98 Å². The lowest BCUT2D eigenvalue weighted by molar-refractivity contribution is -0.154. The van der Waals surface area contributed by atoms with Crippen LogP contribution in [0.15, 0.2) is 30.5 Å². The van der Waals surface area contributed by atoms with Crippen molar-refractivity contribution in [3.8, 4) is 12.5 Å². The highest BCUT2D eigenvalue weighted by molar-refractivity contribution is 5.84. The summed E-state index contributed by atoms with van der Waals surface area (Å²) in [7, 11) is 0. The van der Waals surface area contributed by atoms with Crippen molar-refractivity contribution < 1.29 is 19.0 Å². The number of hydrogen-bond acceptors (Lipinski definition) is 6. The Hall–Kier alpha value is -3.19. The van der Waals surface area contributed by atoms with Gasteiger partial charge >= 0.3 is 5.97 Å². The molecule has 2 aromatic rings. The topological polar surface area (TPSA) is 108 Å². The van der Waals surface area contributed by atoms with Crippen molar-refractivity contribution in [3.63, 3.8) is 0 Å². The van der Waals surface area contributed by atoms with Crippen LogP contribution in [0.25, 0.3) is 10.9 Å². The Morgan fingerprint density at radius 1 is 1.23 bits per heavy atom. The Balaban J connectivity index is 2.04. The molecule has 0 saturated carbocycles. The van der Waals surface area contributed by atoms with Crippen molar-refractivity contribution in [2.45, 2.75) is 12.5 Å². The van der Waals surface area contributed by atoms with E-state index in [4.69, 9.17) is 20.0 Å². The summed E-state index contributed by atoms with van der Waals surface area (Å²) in [5.41, 5.74) is 1.78. The van der Waals surface area contributed by atoms with Gasteiger partial charge in [-0.15, -0.1) is 0 Å². The number of rotatable bonds is 7. The second-order valence-corrected chi connectivity index (χ2v) is 4.37. The molecule has 0 fully saturated rings. The first kappa shape index (κ1) is 15.2. The second kappa shape index (κ2) is 7.55. The molecule has 1 heterocycles. The van der Waals surface area contributed by atoms with Crippen molar-refractivity contribution in [2.24, 2.45) is 0 Å². The Morgan fingerprint density at radius 3 is 2.82 bits per heavy atom. The van der Waals surface area contributed by atoms with Gasteiger partial charge in [0, 0.05) is 23.5 Å². The van der Waals surface area contributed by atoms with Crippen molar-refractivity contribution in [1.29, 1.82) is 10.5 Å². The number of H-pyrrole nitrogens is 1. The number of nitriles is 2. The van der Waals surface area contributed by atoms with E-state index in [1.807, 2.05) is 24.3 Å². The van der Waals surface area contributed by atoms with Gasteiger partial charge in [0.15, 0.2) is 0 Å². The maximum Gasteiger partial charge on any atom is 0.349 e. The molecule has 7 heteroatoms. The van der Waals surface area contributed by atoms with Gasteiger partial charge in [0.1, 0.15) is 13.2 Å². The third-order valence-corrected chi connectivity index (χ3v) is 3.03. The number of nitrogens with one attached hydrogen (secondary N) is 1. The molecule has 112 valence electrons. The third-order valence-electron chi connectivity index (χ3n) is 3.03. The maximum atomic E-state index is 11.9. The average molecular weight is 299 g/mol. The summed E-state index contributed by atoms with van der Waals surface area (Å²) < 4.78 is 14.1. The molecule has 0 spiro atoms. The number of carbonyl (C=O) groups is 1. The predicted molar refractivity (Wildman–Crippen MR) is 75.0 cm³/mol. The summed E-state index contributed by atoms with van der Waals surface area (Å²) in [6.07, 6.45) is 3.93. The molecule has 22 heavy (non-hydrogen) atoms. The number of hydrogen-bond donors (Lipinski definition) is 1. The van der Waals surface area contributed by atoms with Crippen LogP contribution in [0.4, 0.5) is 0 Å². The van der Waals surface area contributed by atoms with Gasteiger partial charge in [-0.25, -0.2) is 4.79 Å². The highest BCUT2D eigenvalue weighted by atomic mass is 16.6. The number of aromatic amines is 1. The van der Waals surface area contributed by atoms with E-state index in [1.54, 1.807) is 6.20 Å². The van der Waals surface area contributed by atoms with Crippen LogP contribution in [0.3, 0.4) is 0 Å². The molecule has 0 bridgehead atoms. The fourth-order valence-corrected chi connectivity index (χ4v) is 2.06. The summed E-state index contributed by atoms with van der Waals surface area (Å²) in [4.78, 5) is 15.0. The minimum absolute atomic E-state index is 0.0331. The van der Waals surface area contributed by atoms with Gasteiger partial charge < -0.3 is 19.2 Å². The molecule has 1 aromatic carbocycles. The van der Waals surface area contributed by atoms with Gasteiger partial charge in [0.25, 0.3) is 12.5 Å². The van der Waals surface area contributed by atoms with Crippen LogP contribution in [0, 0.1) is 23.0 Å². The standard InChI is InChI=1S/C15H13N3O4/c16-9-20-5-6-21-15(19)14(22-10-17)7-11-8-18-13-4-2-1-3-12(11)13/h1-4,8,14,18H,5-7H2. The Morgan fingerprint density at radius 2 is 2.05 bits per heavy atom. The highest BCUT2D eigenvalue weighted by Crippen LogP contribution is 2.20.